The van der Waals surface area contributed by atoms with Crippen LogP contribution in [-0.4, -0.2) is 68.1 Å². The molecule has 2 aromatic carbocycles. The SMILES string of the molecule is CC(C)c1cc(-c2nnc(C(=O)NC3CC3)n2-c2ccc(CN3CCOCC3)c(Cl)c2)c(O)cc1O. The van der Waals surface area contributed by atoms with Gasteiger partial charge in [0.05, 0.1) is 24.5 Å². The number of morpholine rings is 1. The Morgan fingerprint density at radius 1 is 1.14 bits per heavy atom. The molecule has 9 nitrogen and oxygen atoms in total. The Morgan fingerprint density at radius 2 is 1.89 bits per heavy atom. The van der Waals surface area contributed by atoms with Gasteiger partial charge in [0.25, 0.3) is 5.91 Å². The molecule has 36 heavy (non-hydrogen) atoms. The van der Waals surface area contributed by atoms with Crippen LogP contribution in [0.3, 0.4) is 0 Å². The summed E-state index contributed by atoms with van der Waals surface area (Å²) >= 11 is 6.71. The van der Waals surface area contributed by atoms with E-state index in [1.54, 1.807) is 16.7 Å². The molecule has 1 aliphatic heterocycles. The van der Waals surface area contributed by atoms with E-state index in [4.69, 9.17) is 16.3 Å². The van der Waals surface area contributed by atoms with Crippen LogP contribution in [0, 0.1) is 0 Å². The fourth-order valence-electron chi connectivity index (χ4n) is 4.37. The summed E-state index contributed by atoms with van der Waals surface area (Å²) in [6.45, 7) is 7.68. The van der Waals surface area contributed by atoms with E-state index < -0.39 is 0 Å². The molecule has 1 saturated carbocycles. The second kappa shape index (κ2) is 10.1. The first-order valence-corrected chi connectivity index (χ1v) is 12.6. The van der Waals surface area contributed by atoms with Crippen molar-refractivity contribution in [3.05, 3.63) is 52.3 Å². The lowest BCUT2D eigenvalue weighted by Crippen LogP contribution is -2.35. The highest BCUT2D eigenvalue weighted by Crippen LogP contribution is 2.38. The second-order valence-electron chi connectivity index (χ2n) is 9.68. The molecule has 2 fully saturated rings. The number of hydrogen-bond donors (Lipinski definition) is 3. The van der Waals surface area contributed by atoms with Crippen molar-refractivity contribution in [3.63, 3.8) is 0 Å². The molecule has 0 atom stereocenters. The molecule has 1 saturated heterocycles. The van der Waals surface area contributed by atoms with Crippen molar-refractivity contribution in [1.82, 2.24) is 25.0 Å². The number of carbonyl (C=O) groups excluding carboxylic acids is 1. The summed E-state index contributed by atoms with van der Waals surface area (Å²) < 4.78 is 7.04. The number of halogens is 1. The predicted octanol–water partition coefficient (Wildman–Crippen LogP) is 3.85. The third-order valence-corrected chi connectivity index (χ3v) is 6.93. The van der Waals surface area contributed by atoms with Crippen molar-refractivity contribution in [2.24, 2.45) is 0 Å². The summed E-state index contributed by atoms with van der Waals surface area (Å²) in [4.78, 5) is 15.4. The summed E-state index contributed by atoms with van der Waals surface area (Å²) in [7, 11) is 0. The molecule has 1 aliphatic carbocycles. The summed E-state index contributed by atoms with van der Waals surface area (Å²) in [6.07, 6.45) is 1.87. The van der Waals surface area contributed by atoms with Crippen molar-refractivity contribution in [3.8, 4) is 28.6 Å². The molecule has 2 heterocycles. The lowest BCUT2D eigenvalue weighted by Gasteiger charge is -2.27. The van der Waals surface area contributed by atoms with Gasteiger partial charge >= 0.3 is 0 Å². The number of hydrogen-bond acceptors (Lipinski definition) is 7. The summed E-state index contributed by atoms with van der Waals surface area (Å²) in [5.74, 6) is -0.103. The second-order valence-corrected chi connectivity index (χ2v) is 10.1. The number of aromatic hydroxyl groups is 2. The number of phenolic OH excluding ortho intramolecular Hbond substituents is 2. The number of phenols is 2. The van der Waals surface area contributed by atoms with Gasteiger partial charge < -0.3 is 20.3 Å². The van der Waals surface area contributed by atoms with E-state index >= 15 is 0 Å². The van der Waals surface area contributed by atoms with Gasteiger partial charge in [-0.25, -0.2) is 0 Å². The maximum absolute atomic E-state index is 13.1. The van der Waals surface area contributed by atoms with Crippen LogP contribution >= 0.6 is 11.6 Å². The molecular formula is C26H30ClN5O4. The van der Waals surface area contributed by atoms with E-state index in [-0.39, 0.29) is 41.0 Å². The maximum atomic E-state index is 13.1. The first-order chi connectivity index (χ1) is 17.3. The van der Waals surface area contributed by atoms with E-state index in [2.05, 4.69) is 20.4 Å². The molecule has 0 spiro atoms. The minimum Gasteiger partial charge on any atom is -0.508 e. The Labute approximate surface area is 214 Å². The van der Waals surface area contributed by atoms with Crippen molar-refractivity contribution < 1.29 is 19.7 Å². The Bertz CT molecular complexity index is 1280. The largest absolute Gasteiger partial charge is 0.508 e. The van der Waals surface area contributed by atoms with Crippen molar-refractivity contribution in [2.45, 2.75) is 45.2 Å². The molecule has 0 radical (unpaired) electrons. The van der Waals surface area contributed by atoms with Gasteiger partial charge in [-0.05, 0) is 48.1 Å². The molecule has 10 heteroatoms. The number of benzene rings is 2. The minimum absolute atomic E-state index is 0.000440. The normalized spacial score (nSPS) is 16.4. The molecule has 5 rings (SSSR count). The first kappa shape index (κ1) is 24.5. The van der Waals surface area contributed by atoms with Crippen LogP contribution in [0.5, 0.6) is 11.5 Å². The fourth-order valence-corrected chi connectivity index (χ4v) is 4.60. The summed E-state index contributed by atoms with van der Waals surface area (Å²) in [6, 6.07) is 8.73. The number of carbonyl (C=O) groups is 1. The fraction of sp³-hybridized carbons (Fsp3) is 0.423. The van der Waals surface area contributed by atoms with Gasteiger partial charge in [-0.3, -0.25) is 14.3 Å². The van der Waals surface area contributed by atoms with Crippen molar-refractivity contribution >= 4 is 17.5 Å². The molecule has 3 N–H and O–H groups in total. The highest BCUT2D eigenvalue weighted by atomic mass is 35.5. The number of nitrogens with zero attached hydrogens (tertiary/aromatic N) is 4. The number of ether oxygens (including phenoxy) is 1. The van der Waals surface area contributed by atoms with Gasteiger partial charge in [-0.2, -0.15) is 0 Å². The zero-order chi connectivity index (χ0) is 25.4. The van der Waals surface area contributed by atoms with E-state index in [9.17, 15) is 15.0 Å². The Balaban J connectivity index is 1.58. The highest BCUT2D eigenvalue weighted by Gasteiger charge is 2.29. The van der Waals surface area contributed by atoms with Gasteiger partial charge in [-0.15, -0.1) is 10.2 Å². The number of nitrogens with one attached hydrogen (secondary N) is 1. The van der Waals surface area contributed by atoms with E-state index in [1.165, 1.54) is 6.07 Å². The Hall–Kier alpha value is -3.14. The molecule has 3 aromatic rings. The van der Waals surface area contributed by atoms with Crippen LogP contribution < -0.4 is 5.32 Å². The van der Waals surface area contributed by atoms with Crippen LogP contribution in [0.2, 0.25) is 5.02 Å². The van der Waals surface area contributed by atoms with Crippen molar-refractivity contribution in [1.29, 1.82) is 0 Å². The van der Waals surface area contributed by atoms with Gasteiger partial charge in [0.2, 0.25) is 5.82 Å². The minimum atomic E-state index is -0.341. The van der Waals surface area contributed by atoms with Crippen LogP contribution in [0.4, 0.5) is 0 Å². The van der Waals surface area contributed by atoms with E-state index in [0.29, 0.717) is 41.6 Å². The highest BCUT2D eigenvalue weighted by molar-refractivity contribution is 6.31. The quantitative estimate of drug-likeness (QED) is 0.441. The van der Waals surface area contributed by atoms with Gasteiger partial charge in [0.15, 0.2) is 5.82 Å². The Morgan fingerprint density at radius 3 is 2.56 bits per heavy atom. The maximum Gasteiger partial charge on any atom is 0.289 e. The third-order valence-electron chi connectivity index (χ3n) is 6.58. The molecule has 2 aliphatic rings. The molecule has 0 bridgehead atoms. The number of aromatic nitrogens is 3. The van der Waals surface area contributed by atoms with Gasteiger partial charge in [-0.1, -0.05) is 31.5 Å². The molecule has 1 amide bonds. The van der Waals surface area contributed by atoms with Crippen LogP contribution in [-0.2, 0) is 11.3 Å². The average Bonchev–Trinajstić information content (AvgIpc) is 3.55. The monoisotopic (exact) mass is 511 g/mol. The van der Waals surface area contributed by atoms with Gasteiger partial charge in [0, 0.05) is 36.8 Å². The number of rotatable bonds is 7. The van der Waals surface area contributed by atoms with Crippen molar-refractivity contribution in [2.75, 3.05) is 26.3 Å². The lowest BCUT2D eigenvalue weighted by molar-refractivity contribution is 0.0342. The summed E-state index contributed by atoms with van der Waals surface area (Å²) in [5.41, 5.74) is 2.59. The molecule has 1 aromatic heterocycles. The third kappa shape index (κ3) is 5.04. The lowest BCUT2D eigenvalue weighted by atomic mass is 9.98. The zero-order valence-electron chi connectivity index (χ0n) is 20.4. The standard InChI is InChI=1S/C26H30ClN5O4/c1-15(2)19-12-20(23(34)13-22(19)33)24-29-30-25(26(35)28-17-4-5-17)32(24)18-6-3-16(21(27)11-18)14-31-7-9-36-10-8-31/h3,6,11-13,15,17,33-34H,4-5,7-10,14H2,1-2H3,(H,28,35). The van der Waals surface area contributed by atoms with Crippen LogP contribution in [0.1, 0.15) is 54.4 Å². The summed E-state index contributed by atoms with van der Waals surface area (Å²) in [5, 5.41) is 33.1. The van der Waals surface area contributed by atoms with E-state index in [1.807, 2.05) is 26.0 Å². The number of amides is 1. The molecule has 190 valence electrons. The van der Waals surface area contributed by atoms with Crippen LogP contribution in [0.15, 0.2) is 30.3 Å². The van der Waals surface area contributed by atoms with Crippen LogP contribution in [0.25, 0.3) is 17.1 Å². The molecule has 0 unspecified atom stereocenters. The smallest absolute Gasteiger partial charge is 0.289 e. The van der Waals surface area contributed by atoms with Gasteiger partial charge in [0.1, 0.15) is 11.5 Å². The first-order valence-electron chi connectivity index (χ1n) is 12.2. The van der Waals surface area contributed by atoms with E-state index in [0.717, 1.165) is 31.5 Å². The topological polar surface area (TPSA) is 113 Å². The Kier molecular flexibility index (Phi) is 6.87. The average molecular weight is 512 g/mol. The zero-order valence-corrected chi connectivity index (χ0v) is 21.1. The molecular weight excluding hydrogens is 482 g/mol. The predicted molar refractivity (Wildman–Crippen MR) is 136 cm³/mol.